The number of nitrogens with zero attached hydrogens (tertiary/aromatic N) is 2. The van der Waals surface area contributed by atoms with Crippen LogP contribution in [0.1, 0.15) is 34.3 Å². The van der Waals surface area contributed by atoms with Crippen LogP contribution in [0.15, 0.2) is 11.0 Å². The molecule has 96 valence electrons. The Labute approximate surface area is 108 Å². The second-order valence-electron chi connectivity index (χ2n) is 4.09. The van der Waals surface area contributed by atoms with Gasteiger partial charge in [-0.3, -0.25) is 14.0 Å². The second kappa shape index (κ2) is 4.89. The van der Waals surface area contributed by atoms with Crippen LogP contribution in [-0.4, -0.2) is 21.8 Å². The average Bonchev–Trinajstić information content (AvgIpc) is 2.63. The number of fused-ring (bicyclic) bond motifs is 1. The van der Waals surface area contributed by atoms with Crippen molar-refractivity contribution in [2.75, 3.05) is 6.54 Å². The summed E-state index contributed by atoms with van der Waals surface area (Å²) >= 11 is 1.45. The van der Waals surface area contributed by atoms with E-state index in [0.29, 0.717) is 11.5 Å². The van der Waals surface area contributed by atoms with Gasteiger partial charge >= 0.3 is 0 Å². The summed E-state index contributed by atoms with van der Waals surface area (Å²) in [6, 6.07) is 0. The summed E-state index contributed by atoms with van der Waals surface area (Å²) in [6.07, 6.45) is 2.19. The zero-order valence-corrected chi connectivity index (χ0v) is 11.4. The maximum absolute atomic E-state index is 12.2. The maximum Gasteiger partial charge on any atom is 0.271 e. The van der Waals surface area contributed by atoms with Crippen molar-refractivity contribution in [2.24, 2.45) is 0 Å². The van der Waals surface area contributed by atoms with Gasteiger partial charge < -0.3 is 5.32 Å². The van der Waals surface area contributed by atoms with E-state index in [1.807, 2.05) is 20.8 Å². The smallest absolute Gasteiger partial charge is 0.271 e. The van der Waals surface area contributed by atoms with Crippen LogP contribution in [0.5, 0.6) is 0 Å². The molecule has 2 rings (SSSR count). The van der Waals surface area contributed by atoms with Crippen LogP contribution in [0.3, 0.4) is 0 Å². The molecule has 0 aliphatic carbocycles. The first-order chi connectivity index (χ1) is 8.56. The molecule has 18 heavy (non-hydrogen) atoms. The molecule has 0 unspecified atom stereocenters. The number of carbonyl (C=O) groups excluding carboxylic acids is 1. The molecular formula is C12H15N3O2S. The predicted octanol–water partition coefficient (Wildman–Crippen LogP) is 1.51. The highest BCUT2D eigenvalue weighted by molar-refractivity contribution is 7.17. The molecule has 0 aliphatic heterocycles. The lowest BCUT2D eigenvalue weighted by Crippen LogP contribution is -2.32. The first kappa shape index (κ1) is 12.8. The standard InChI is InChI=1S/C12H15N3O2S/c1-4-5-13-10(16)9-6-14-12-15(11(9)17)7(2)8(3)18-12/h6H,4-5H2,1-3H3,(H,13,16). The number of aryl methyl sites for hydroxylation is 2. The quantitative estimate of drug-likeness (QED) is 0.915. The number of nitrogens with one attached hydrogen (secondary N) is 1. The predicted molar refractivity (Wildman–Crippen MR) is 71.4 cm³/mol. The van der Waals surface area contributed by atoms with Crippen LogP contribution in [0.25, 0.3) is 4.96 Å². The first-order valence-electron chi connectivity index (χ1n) is 5.82. The van der Waals surface area contributed by atoms with Gasteiger partial charge in [-0.15, -0.1) is 11.3 Å². The molecule has 1 amide bonds. The molecule has 0 radical (unpaired) electrons. The molecule has 0 aromatic carbocycles. The zero-order valence-electron chi connectivity index (χ0n) is 10.6. The number of thiazole rings is 1. The van der Waals surface area contributed by atoms with Crippen LogP contribution in [0, 0.1) is 13.8 Å². The van der Waals surface area contributed by atoms with E-state index in [0.717, 1.165) is 17.0 Å². The Balaban J connectivity index is 2.54. The van der Waals surface area contributed by atoms with Crippen LogP contribution in [-0.2, 0) is 0 Å². The Kier molecular flexibility index (Phi) is 3.47. The molecule has 1 N–H and O–H groups in total. The van der Waals surface area contributed by atoms with Crippen molar-refractivity contribution >= 4 is 22.2 Å². The summed E-state index contributed by atoms with van der Waals surface area (Å²) < 4.78 is 1.50. The molecule has 6 heteroatoms. The molecule has 0 saturated heterocycles. The minimum Gasteiger partial charge on any atom is -0.352 e. The van der Waals surface area contributed by atoms with Crippen LogP contribution in [0.4, 0.5) is 0 Å². The summed E-state index contributed by atoms with van der Waals surface area (Å²) in [5.41, 5.74) is 0.648. The van der Waals surface area contributed by atoms with Gasteiger partial charge in [0.15, 0.2) is 4.96 Å². The van der Waals surface area contributed by atoms with E-state index in [2.05, 4.69) is 10.3 Å². The van der Waals surface area contributed by atoms with Crippen molar-refractivity contribution in [1.29, 1.82) is 0 Å². The molecule has 0 bridgehead atoms. The molecule has 0 saturated carbocycles. The van der Waals surface area contributed by atoms with Gasteiger partial charge in [-0.25, -0.2) is 4.98 Å². The molecule has 2 aromatic rings. The van der Waals surface area contributed by atoms with Gasteiger partial charge in [-0.2, -0.15) is 0 Å². The van der Waals surface area contributed by atoms with Crippen LogP contribution < -0.4 is 10.9 Å². The fourth-order valence-electron chi connectivity index (χ4n) is 1.67. The van der Waals surface area contributed by atoms with Gasteiger partial charge in [0.05, 0.1) is 0 Å². The highest BCUT2D eigenvalue weighted by Gasteiger charge is 2.15. The Hall–Kier alpha value is -1.69. The van der Waals surface area contributed by atoms with E-state index in [9.17, 15) is 9.59 Å². The van der Waals surface area contributed by atoms with E-state index in [4.69, 9.17) is 0 Å². The average molecular weight is 265 g/mol. The lowest BCUT2D eigenvalue weighted by Gasteiger charge is -2.03. The lowest BCUT2D eigenvalue weighted by atomic mass is 10.3. The Morgan fingerprint density at radius 2 is 2.22 bits per heavy atom. The third kappa shape index (κ3) is 2.03. The summed E-state index contributed by atoms with van der Waals surface area (Å²) in [7, 11) is 0. The molecule has 0 aliphatic rings. The van der Waals surface area contributed by atoms with Crippen molar-refractivity contribution in [3.8, 4) is 0 Å². The Morgan fingerprint density at radius 3 is 2.89 bits per heavy atom. The Morgan fingerprint density at radius 1 is 1.50 bits per heavy atom. The Bertz CT molecular complexity index is 657. The third-order valence-electron chi connectivity index (χ3n) is 2.80. The largest absolute Gasteiger partial charge is 0.352 e. The third-order valence-corrected chi connectivity index (χ3v) is 3.87. The van der Waals surface area contributed by atoms with Crippen molar-refractivity contribution < 1.29 is 4.79 Å². The lowest BCUT2D eigenvalue weighted by molar-refractivity contribution is 0.0951. The number of rotatable bonds is 3. The van der Waals surface area contributed by atoms with E-state index in [1.165, 1.54) is 21.9 Å². The minimum absolute atomic E-state index is 0.0989. The van der Waals surface area contributed by atoms with E-state index in [1.54, 1.807) is 0 Å². The molecular weight excluding hydrogens is 250 g/mol. The molecule has 2 heterocycles. The monoisotopic (exact) mass is 265 g/mol. The highest BCUT2D eigenvalue weighted by Crippen LogP contribution is 2.18. The van der Waals surface area contributed by atoms with Crippen molar-refractivity contribution in [3.63, 3.8) is 0 Å². The van der Waals surface area contributed by atoms with Gasteiger partial charge in [-0.1, -0.05) is 6.92 Å². The van der Waals surface area contributed by atoms with Crippen LogP contribution >= 0.6 is 11.3 Å². The summed E-state index contributed by atoms with van der Waals surface area (Å²) in [6.45, 7) is 6.31. The van der Waals surface area contributed by atoms with Gasteiger partial charge in [0.2, 0.25) is 0 Å². The molecule has 2 aromatic heterocycles. The summed E-state index contributed by atoms with van der Waals surface area (Å²) in [5.74, 6) is -0.355. The zero-order chi connectivity index (χ0) is 13.3. The second-order valence-corrected chi connectivity index (χ2v) is 5.28. The highest BCUT2D eigenvalue weighted by atomic mass is 32.1. The van der Waals surface area contributed by atoms with Gasteiger partial charge in [0, 0.05) is 23.3 Å². The number of amides is 1. The number of hydrogen-bond acceptors (Lipinski definition) is 4. The topological polar surface area (TPSA) is 63.5 Å². The summed E-state index contributed by atoms with van der Waals surface area (Å²) in [5, 5.41) is 2.69. The van der Waals surface area contributed by atoms with Crippen molar-refractivity contribution in [3.05, 3.63) is 32.7 Å². The number of aromatic nitrogens is 2. The van der Waals surface area contributed by atoms with Crippen LogP contribution in [0.2, 0.25) is 0 Å². The van der Waals surface area contributed by atoms with E-state index < -0.39 is 0 Å². The molecule has 0 fully saturated rings. The number of carbonyl (C=O) groups is 1. The number of hydrogen-bond donors (Lipinski definition) is 1. The van der Waals surface area contributed by atoms with E-state index >= 15 is 0 Å². The maximum atomic E-state index is 12.2. The first-order valence-corrected chi connectivity index (χ1v) is 6.63. The fourth-order valence-corrected chi connectivity index (χ4v) is 2.59. The van der Waals surface area contributed by atoms with Crippen molar-refractivity contribution in [2.45, 2.75) is 27.2 Å². The normalized spacial score (nSPS) is 10.8. The summed E-state index contributed by atoms with van der Waals surface area (Å²) in [4.78, 5) is 29.9. The molecule has 5 nitrogen and oxygen atoms in total. The minimum atomic E-state index is -0.355. The SMILES string of the molecule is CCCNC(=O)c1cnc2sc(C)c(C)n2c1=O. The fraction of sp³-hybridized carbons (Fsp3) is 0.417. The van der Waals surface area contributed by atoms with Gasteiger partial charge in [-0.05, 0) is 20.3 Å². The molecule has 0 atom stereocenters. The van der Waals surface area contributed by atoms with Gasteiger partial charge in [0.25, 0.3) is 11.5 Å². The van der Waals surface area contributed by atoms with E-state index in [-0.39, 0.29) is 17.0 Å². The molecule has 0 spiro atoms. The van der Waals surface area contributed by atoms with Crippen molar-refractivity contribution in [1.82, 2.24) is 14.7 Å². The van der Waals surface area contributed by atoms with Gasteiger partial charge in [0.1, 0.15) is 5.56 Å².